The second-order valence-electron chi connectivity index (χ2n) is 22.1. The highest BCUT2D eigenvalue weighted by Gasteiger charge is 2.33. The van der Waals surface area contributed by atoms with Gasteiger partial charge in [0.15, 0.2) is 0 Å². The molecule has 1 aliphatic heterocycles. The van der Waals surface area contributed by atoms with Crippen LogP contribution in [0.4, 0.5) is 45.5 Å². The quantitative estimate of drug-likeness (QED) is 0.00830. The van der Waals surface area contributed by atoms with Crippen LogP contribution in [-0.4, -0.2) is 164 Å². The van der Waals surface area contributed by atoms with E-state index < -0.39 is 23.8 Å². The van der Waals surface area contributed by atoms with Crippen molar-refractivity contribution in [1.29, 1.82) is 0 Å². The van der Waals surface area contributed by atoms with Crippen molar-refractivity contribution >= 4 is 174 Å². The zero-order valence-corrected chi connectivity index (χ0v) is 66.2. The standard InChI is InChI=1S/C18H14Cl2N2O4.C18H20Cl2N2O3.C17H18Cl2N2O2.C14H11Cl2NO2.C4H11NO2.C3H9NO.H6N4.H3N/c19-12-5-3-6-13(20)18(12)21-14-7-2-1-4-11(14)10-17(25)26-22-15(23)8-9-16(22)24;19-14-5-3-6-15(20)18(14)22-16-7-2-1-4-13(16)12-17(24)21-8-10-25-11-9-23;1-21(9-10-22)16(23)11-12-5-2-3-8-15(12)20-17-13(18)6-4-7-14(17)19;15-10-5-3-6-11(16)14(10)17-12-7-2-1-4-9(12)8-13(18)19;5-1-3-7-4-2-6;1-4-2-3-5;1-3-4-2;/h1-7,21H,8-10H2;1-7,22-23H,8-12H2,(H,21,24);2-8,20,22H,9-11H2,1H3;1-7,17H,8H2,(H,18,19);6H,1-5H2;4-5H,2-3H2,1H3;3-4H,1-2H2;1H3. The van der Waals surface area contributed by atoms with Crippen LogP contribution in [0.1, 0.15) is 35.1 Å². The fourth-order valence-electron chi connectivity index (χ4n) is 8.90. The molecule has 0 bridgehead atoms. The van der Waals surface area contributed by atoms with E-state index in [1.165, 1.54) is 4.90 Å². The minimum atomic E-state index is -0.889. The van der Waals surface area contributed by atoms with Crippen molar-refractivity contribution in [2.45, 2.75) is 38.5 Å². The van der Waals surface area contributed by atoms with Crippen LogP contribution in [0.15, 0.2) is 170 Å². The number of anilines is 8. The monoisotopic (exact) mass is 1680 g/mol. The molecule has 0 radical (unpaired) electrons. The van der Waals surface area contributed by atoms with Crippen molar-refractivity contribution in [1.82, 2.24) is 37.8 Å². The van der Waals surface area contributed by atoms with Gasteiger partial charge in [-0.1, -0.05) is 190 Å². The number of likely N-dealkylation sites (N-methyl/N-ethyl adjacent to an activating group) is 2. The van der Waals surface area contributed by atoms with E-state index in [9.17, 15) is 28.8 Å². The van der Waals surface area contributed by atoms with Crippen LogP contribution in [-0.2, 0) is 68.8 Å². The number of hydrogen-bond acceptors (Lipinski definition) is 24. The number of amides is 4. The first-order valence-electron chi connectivity index (χ1n) is 33.2. The highest BCUT2D eigenvalue weighted by atomic mass is 35.5. The fourth-order valence-corrected chi connectivity index (χ4v) is 10.9. The number of rotatable bonds is 31. The molecule has 1 fully saturated rings. The van der Waals surface area contributed by atoms with Gasteiger partial charge in [-0.3, -0.25) is 35.7 Å². The topological polar surface area (TPSA) is 447 Å². The van der Waals surface area contributed by atoms with Crippen LogP contribution >= 0.6 is 92.8 Å². The number of carboxylic acids is 1. The fraction of sp³-hybridized carbons (Fsp3) is 0.270. The van der Waals surface area contributed by atoms with Gasteiger partial charge >= 0.3 is 11.9 Å². The van der Waals surface area contributed by atoms with Crippen LogP contribution in [0.25, 0.3) is 0 Å². The average molecular weight is 1690 g/mol. The van der Waals surface area contributed by atoms with Gasteiger partial charge in [0.2, 0.25) is 11.8 Å². The second-order valence-corrected chi connectivity index (χ2v) is 25.4. The van der Waals surface area contributed by atoms with Crippen molar-refractivity contribution in [2.75, 3.05) is 114 Å². The highest BCUT2D eigenvalue weighted by Crippen LogP contribution is 2.38. The molecule has 1 heterocycles. The molecule has 0 atom stereocenters. The van der Waals surface area contributed by atoms with E-state index in [1.807, 2.05) is 65.7 Å². The predicted octanol–water partition coefficient (Wildman–Crippen LogP) is 11.5. The minimum absolute atomic E-state index is 0. The average Bonchev–Trinajstić information content (AvgIpc) is 1.01. The summed E-state index contributed by atoms with van der Waals surface area (Å²) in [5, 5.41) is 65.1. The first kappa shape index (κ1) is 97.9. The summed E-state index contributed by atoms with van der Waals surface area (Å²) in [6, 6.07) is 50.0. The van der Waals surface area contributed by atoms with E-state index in [1.54, 1.807) is 129 Å². The summed E-state index contributed by atoms with van der Waals surface area (Å²) in [6.07, 6.45) is 0.338. The van der Waals surface area contributed by atoms with Crippen LogP contribution in [0.2, 0.25) is 40.2 Å². The Bertz CT molecular complexity index is 4010. The number of hydroxylamine groups is 2. The minimum Gasteiger partial charge on any atom is -0.481 e. The number of carboxylic acid groups (broad SMARTS) is 1. The molecule has 110 heavy (non-hydrogen) atoms. The number of nitrogens with two attached hydrogens (primary N) is 3. The van der Waals surface area contributed by atoms with Crippen LogP contribution in [0, 0.1) is 0 Å². The van der Waals surface area contributed by atoms with E-state index in [0.717, 1.165) is 22.5 Å². The molecule has 1 saturated heterocycles. The van der Waals surface area contributed by atoms with Crippen molar-refractivity contribution in [3.63, 3.8) is 0 Å². The lowest BCUT2D eigenvalue weighted by Gasteiger charge is -2.18. The molecule has 0 aliphatic carbocycles. The van der Waals surface area contributed by atoms with Crippen LogP contribution < -0.4 is 66.5 Å². The largest absolute Gasteiger partial charge is 0.481 e. The van der Waals surface area contributed by atoms with Gasteiger partial charge in [-0.05, 0) is 102 Å². The first-order valence-corrected chi connectivity index (χ1v) is 36.2. The van der Waals surface area contributed by atoms with E-state index in [2.05, 4.69) is 43.6 Å². The van der Waals surface area contributed by atoms with Crippen molar-refractivity contribution in [3.05, 3.63) is 232 Å². The number of hydrazine groups is 3. The van der Waals surface area contributed by atoms with Crippen molar-refractivity contribution in [3.8, 4) is 0 Å². The number of hydrogen-bond donors (Lipinski definition) is 17. The molecule has 1 aliphatic rings. The normalized spacial score (nSPS) is 10.9. The van der Waals surface area contributed by atoms with Gasteiger partial charge in [-0.15, -0.1) is 5.06 Å². The zero-order chi connectivity index (χ0) is 80.5. The lowest BCUT2D eigenvalue weighted by atomic mass is 10.1. The molecule has 8 aromatic rings. The molecule has 36 heteroatoms. The van der Waals surface area contributed by atoms with E-state index in [-0.39, 0.29) is 89.5 Å². The maximum atomic E-state index is 12.2. The molecule has 28 nitrogen and oxygen atoms in total. The molecule has 0 spiro atoms. The van der Waals surface area contributed by atoms with Crippen LogP contribution in [0.3, 0.4) is 0 Å². The number of aliphatic hydroxyl groups is 4. The summed E-state index contributed by atoms with van der Waals surface area (Å²) in [5.41, 5.74) is 17.0. The number of aliphatic carboxylic acids is 1. The molecular formula is C74H92Cl8N14O14. The Balaban J connectivity index is 0.000000466. The van der Waals surface area contributed by atoms with Gasteiger partial charge < -0.3 is 88.5 Å². The number of halogens is 8. The number of nitrogens with one attached hydrogen (secondary N) is 8. The smallest absolute Gasteiger partial charge is 0.337 e. The summed E-state index contributed by atoms with van der Waals surface area (Å²) in [5.74, 6) is 6.26. The number of benzene rings is 8. The summed E-state index contributed by atoms with van der Waals surface area (Å²) in [6.45, 7) is 3.72. The molecule has 8 aromatic carbocycles. The summed E-state index contributed by atoms with van der Waals surface area (Å²) in [4.78, 5) is 76.7. The number of carbonyl (C=O) groups excluding carboxylic acids is 5. The van der Waals surface area contributed by atoms with Crippen molar-refractivity contribution < 1.29 is 68.6 Å². The van der Waals surface area contributed by atoms with Crippen molar-refractivity contribution in [2.24, 2.45) is 17.4 Å². The number of nitrogens with zero attached hydrogens (tertiary/aromatic N) is 2. The number of aliphatic hydroxyl groups excluding tert-OH is 4. The zero-order valence-electron chi connectivity index (χ0n) is 60.2. The maximum absolute atomic E-state index is 12.2. The third-order valence-electron chi connectivity index (χ3n) is 14.1. The molecule has 4 amide bonds. The Morgan fingerprint density at radius 2 is 0.791 bits per heavy atom. The molecular weight excluding hydrogens is 1590 g/mol. The third-order valence-corrected chi connectivity index (χ3v) is 16.7. The Morgan fingerprint density at radius 3 is 1.10 bits per heavy atom. The molecule has 0 saturated carbocycles. The van der Waals surface area contributed by atoms with E-state index >= 15 is 0 Å². The maximum Gasteiger partial charge on any atom is 0.337 e. The van der Waals surface area contributed by atoms with Gasteiger partial charge in [0.1, 0.15) is 0 Å². The number of imide groups is 1. The Morgan fingerprint density at radius 1 is 0.455 bits per heavy atom. The number of para-hydroxylation sites is 8. The predicted molar refractivity (Wildman–Crippen MR) is 438 cm³/mol. The van der Waals surface area contributed by atoms with Crippen LogP contribution in [0.5, 0.6) is 0 Å². The van der Waals surface area contributed by atoms with Gasteiger partial charge in [0, 0.05) is 68.8 Å². The molecule has 0 aromatic heterocycles. The Hall–Kier alpha value is -8.22. The lowest BCUT2D eigenvalue weighted by molar-refractivity contribution is -0.197. The highest BCUT2D eigenvalue weighted by molar-refractivity contribution is 6.41. The number of ether oxygens (including phenoxy) is 2. The summed E-state index contributed by atoms with van der Waals surface area (Å²) >= 11 is 49.2. The SMILES string of the molecule is CN(CCO)C(=O)Cc1ccccc1Nc1c(Cl)cccc1Cl.CNCCO.N.NCCOCCO.NNNN.O=C(Cc1ccccc1Nc1c(Cl)cccc1Cl)NCCOCCO.O=C(Cc1ccccc1Nc1c(Cl)cccc1Cl)ON1C(=O)CCC1=O.O=C(O)Cc1ccccc1Nc1c(Cl)cccc1Cl. The van der Waals surface area contributed by atoms with Gasteiger partial charge in [-0.2, -0.15) is 11.1 Å². The third kappa shape index (κ3) is 37.2. The van der Waals surface area contributed by atoms with E-state index in [0.29, 0.717) is 136 Å². The van der Waals surface area contributed by atoms with Gasteiger partial charge in [0.05, 0.1) is 141 Å². The van der Waals surface area contributed by atoms with E-state index in [4.69, 9.17) is 138 Å². The molecule has 598 valence electrons. The molecule has 9 rings (SSSR count). The Labute approximate surface area is 678 Å². The van der Waals surface area contributed by atoms with Gasteiger partial charge in [-0.25, -0.2) is 4.79 Å². The first-order chi connectivity index (χ1) is 52.4. The second kappa shape index (κ2) is 56.9. The van der Waals surface area contributed by atoms with Gasteiger partial charge in [0.25, 0.3) is 11.8 Å². The molecule has 22 N–H and O–H groups in total. The lowest BCUT2D eigenvalue weighted by Crippen LogP contribution is -2.42. The summed E-state index contributed by atoms with van der Waals surface area (Å²) < 4.78 is 9.86. The summed E-state index contributed by atoms with van der Waals surface area (Å²) in [7, 11) is 3.47. The molecule has 0 unspecified atom stereocenters. The Kier molecular flexibility index (Phi) is 50.6. The number of carbonyl (C=O) groups is 6.